The van der Waals surface area contributed by atoms with Crippen molar-refractivity contribution in [1.29, 1.82) is 0 Å². The molecule has 0 saturated heterocycles. The highest BCUT2D eigenvalue weighted by atomic mass is 32.2. The van der Waals surface area contributed by atoms with E-state index in [1.54, 1.807) is 16.7 Å². The summed E-state index contributed by atoms with van der Waals surface area (Å²) in [7, 11) is 0. The fourth-order valence-corrected chi connectivity index (χ4v) is 5.07. The molecule has 184 valence electrons. The fourth-order valence-electron chi connectivity index (χ4n) is 4.23. The number of carbonyl (C=O) groups excluding carboxylic acids is 2. The second kappa shape index (κ2) is 13.1. The van der Waals surface area contributed by atoms with Crippen LogP contribution in [0.25, 0.3) is 0 Å². The topological polar surface area (TPSA) is 49.4 Å². The molecule has 0 spiro atoms. The first-order valence-electron chi connectivity index (χ1n) is 12.2. The van der Waals surface area contributed by atoms with Crippen molar-refractivity contribution in [3.8, 4) is 0 Å². The van der Waals surface area contributed by atoms with Crippen molar-refractivity contribution in [2.75, 3.05) is 12.3 Å². The molecule has 3 rings (SSSR count). The molecular formula is C30H36N2O2S. The van der Waals surface area contributed by atoms with E-state index in [0.717, 1.165) is 16.9 Å². The highest BCUT2D eigenvalue weighted by Crippen LogP contribution is 2.20. The third kappa shape index (κ3) is 8.29. The van der Waals surface area contributed by atoms with Crippen molar-refractivity contribution in [1.82, 2.24) is 10.2 Å². The molecule has 0 fully saturated rings. The molecule has 0 aliphatic heterocycles. The Kier molecular flexibility index (Phi) is 9.98. The average molecular weight is 489 g/mol. The van der Waals surface area contributed by atoms with Crippen molar-refractivity contribution in [3.63, 3.8) is 0 Å². The standard InChI is InChI=1S/C30H36N2O2S/c1-5-31-30(34)28(18-25-9-7-6-8-10-25)32(19-26-13-11-22(2)12-14-26)29(33)21-35-20-27-16-23(3)15-24(4)17-27/h6-17,28H,5,18-21H2,1-4H3,(H,31,34)/t28-/m1/s1. The number of nitrogens with one attached hydrogen (secondary N) is 1. The monoisotopic (exact) mass is 488 g/mol. The van der Waals surface area contributed by atoms with Crippen LogP contribution in [-0.2, 0) is 28.3 Å². The maximum absolute atomic E-state index is 13.6. The van der Waals surface area contributed by atoms with Gasteiger partial charge in [0, 0.05) is 25.3 Å². The minimum absolute atomic E-state index is 0.0212. The van der Waals surface area contributed by atoms with E-state index in [2.05, 4.69) is 37.4 Å². The predicted octanol–water partition coefficient (Wildman–Crippen LogP) is 5.62. The van der Waals surface area contributed by atoms with Gasteiger partial charge in [0.15, 0.2) is 0 Å². The SMILES string of the molecule is CCNC(=O)[C@@H](Cc1ccccc1)N(Cc1ccc(C)cc1)C(=O)CSCc1cc(C)cc(C)c1. The number of rotatable bonds is 11. The van der Waals surface area contributed by atoms with Gasteiger partial charge in [0.2, 0.25) is 11.8 Å². The van der Waals surface area contributed by atoms with Gasteiger partial charge in [-0.1, -0.05) is 89.5 Å². The van der Waals surface area contributed by atoms with E-state index < -0.39 is 6.04 Å². The number of benzene rings is 3. The molecule has 3 aromatic carbocycles. The lowest BCUT2D eigenvalue weighted by Gasteiger charge is -2.31. The van der Waals surface area contributed by atoms with Crippen LogP contribution in [0, 0.1) is 20.8 Å². The van der Waals surface area contributed by atoms with Gasteiger partial charge in [-0.05, 0) is 44.4 Å². The van der Waals surface area contributed by atoms with Crippen LogP contribution in [0.15, 0.2) is 72.8 Å². The highest BCUT2D eigenvalue weighted by Gasteiger charge is 2.30. The van der Waals surface area contributed by atoms with Crippen molar-refractivity contribution >= 4 is 23.6 Å². The molecule has 0 saturated carbocycles. The molecule has 1 N–H and O–H groups in total. The summed E-state index contributed by atoms with van der Waals surface area (Å²) in [4.78, 5) is 28.6. The number of carbonyl (C=O) groups is 2. The van der Waals surface area contributed by atoms with Gasteiger partial charge in [-0.2, -0.15) is 0 Å². The van der Waals surface area contributed by atoms with Gasteiger partial charge in [0.1, 0.15) is 6.04 Å². The molecule has 0 aliphatic rings. The number of aryl methyl sites for hydroxylation is 3. The van der Waals surface area contributed by atoms with Crippen LogP contribution in [-0.4, -0.2) is 35.1 Å². The average Bonchev–Trinajstić information content (AvgIpc) is 2.82. The van der Waals surface area contributed by atoms with Crippen molar-refractivity contribution in [2.45, 2.75) is 52.5 Å². The van der Waals surface area contributed by atoms with Crippen LogP contribution in [0.3, 0.4) is 0 Å². The zero-order chi connectivity index (χ0) is 25.2. The van der Waals surface area contributed by atoms with Gasteiger partial charge in [0.05, 0.1) is 5.75 Å². The van der Waals surface area contributed by atoms with Crippen LogP contribution < -0.4 is 5.32 Å². The largest absolute Gasteiger partial charge is 0.355 e. The van der Waals surface area contributed by atoms with Crippen LogP contribution in [0.2, 0.25) is 0 Å². The van der Waals surface area contributed by atoms with Gasteiger partial charge in [0.25, 0.3) is 0 Å². The molecule has 0 aromatic heterocycles. The Morgan fingerprint density at radius 1 is 0.829 bits per heavy atom. The minimum Gasteiger partial charge on any atom is -0.355 e. The maximum Gasteiger partial charge on any atom is 0.243 e. The molecule has 0 unspecified atom stereocenters. The van der Waals surface area contributed by atoms with Crippen molar-refractivity contribution in [3.05, 3.63) is 106 Å². The Morgan fingerprint density at radius 2 is 1.49 bits per heavy atom. The van der Waals surface area contributed by atoms with E-state index in [4.69, 9.17) is 0 Å². The van der Waals surface area contributed by atoms with E-state index in [1.807, 2.05) is 68.4 Å². The van der Waals surface area contributed by atoms with Gasteiger partial charge < -0.3 is 10.2 Å². The van der Waals surface area contributed by atoms with Crippen molar-refractivity contribution in [2.24, 2.45) is 0 Å². The first-order chi connectivity index (χ1) is 16.9. The number of thioether (sulfide) groups is 1. The Labute approximate surface area is 214 Å². The van der Waals surface area contributed by atoms with Crippen LogP contribution in [0.5, 0.6) is 0 Å². The summed E-state index contributed by atoms with van der Waals surface area (Å²) in [5.74, 6) is 0.948. The summed E-state index contributed by atoms with van der Waals surface area (Å²) < 4.78 is 0. The number of hydrogen-bond acceptors (Lipinski definition) is 3. The zero-order valence-corrected chi connectivity index (χ0v) is 22.0. The zero-order valence-electron chi connectivity index (χ0n) is 21.2. The fraction of sp³-hybridized carbons (Fsp3) is 0.333. The third-order valence-corrected chi connectivity index (χ3v) is 6.86. The summed E-state index contributed by atoms with van der Waals surface area (Å²) in [6.07, 6.45) is 0.478. The molecule has 0 radical (unpaired) electrons. The van der Waals surface area contributed by atoms with Gasteiger partial charge >= 0.3 is 0 Å². The summed E-state index contributed by atoms with van der Waals surface area (Å²) in [5.41, 5.74) is 6.90. The lowest BCUT2D eigenvalue weighted by molar-refractivity contribution is -0.139. The molecule has 3 aromatic rings. The number of nitrogens with zero attached hydrogens (tertiary/aromatic N) is 1. The normalized spacial score (nSPS) is 11.7. The van der Waals surface area contributed by atoms with Crippen molar-refractivity contribution < 1.29 is 9.59 Å². The summed E-state index contributed by atoms with van der Waals surface area (Å²) in [6.45, 7) is 9.06. The molecule has 0 heterocycles. The van der Waals surface area contributed by atoms with E-state index in [1.165, 1.54) is 22.3 Å². The summed E-state index contributed by atoms with van der Waals surface area (Å²) >= 11 is 1.60. The molecule has 5 heteroatoms. The molecule has 2 amide bonds. The van der Waals surface area contributed by atoms with E-state index in [-0.39, 0.29) is 11.8 Å². The minimum atomic E-state index is -0.576. The Balaban J connectivity index is 1.82. The van der Waals surface area contributed by atoms with Gasteiger partial charge in [-0.3, -0.25) is 9.59 Å². The Hall–Kier alpha value is -3.05. The molecular weight excluding hydrogens is 452 g/mol. The van der Waals surface area contributed by atoms with E-state index in [0.29, 0.717) is 25.3 Å². The maximum atomic E-state index is 13.6. The lowest BCUT2D eigenvalue weighted by Crippen LogP contribution is -2.51. The molecule has 35 heavy (non-hydrogen) atoms. The van der Waals surface area contributed by atoms with Crippen LogP contribution >= 0.6 is 11.8 Å². The molecule has 4 nitrogen and oxygen atoms in total. The van der Waals surface area contributed by atoms with E-state index >= 15 is 0 Å². The molecule has 0 aliphatic carbocycles. The number of amides is 2. The van der Waals surface area contributed by atoms with Gasteiger partial charge in [-0.25, -0.2) is 0 Å². The predicted molar refractivity (Wildman–Crippen MR) is 146 cm³/mol. The van der Waals surface area contributed by atoms with Gasteiger partial charge in [-0.15, -0.1) is 11.8 Å². The summed E-state index contributed by atoms with van der Waals surface area (Å²) in [6, 6.07) is 24.0. The van der Waals surface area contributed by atoms with Crippen LogP contribution in [0.4, 0.5) is 0 Å². The Morgan fingerprint density at radius 3 is 2.11 bits per heavy atom. The molecule has 0 bridgehead atoms. The highest BCUT2D eigenvalue weighted by molar-refractivity contribution is 7.99. The first-order valence-corrected chi connectivity index (χ1v) is 13.3. The molecule has 1 atom stereocenters. The first kappa shape index (κ1) is 26.6. The lowest BCUT2D eigenvalue weighted by atomic mass is 10.0. The number of likely N-dealkylation sites (N-methyl/N-ethyl adjacent to an activating group) is 1. The third-order valence-electron chi connectivity index (χ3n) is 5.87. The second-order valence-corrected chi connectivity index (χ2v) is 10.1. The second-order valence-electron chi connectivity index (χ2n) is 9.10. The quantitative estimate of drug-likeness (QED) is 0.381. The van der Waals surface area contributed by atoms with E-state index in [9.17, 15) is 9.59 Å². The smallest absolute Gasteiger partial charge is 0.243 e. The number of hydrogen-bond donors (Lipinski definition) is 1. The Bertz CT molecular complexity index is 1090. The summed E-state index contributed by atoms with van der Waals surface area (Å²) in [5, 5.41) is 2.95. The van der Waals surface area contributed by atoms with Crippen LogP contribution in [0.1, 0.15) is 40.3 Å².